The molecule has 0 spiro atoms. The molecular weight excluding hydrogens is 412 g/mol. The van der Waals surface area contributed by atoms with Crippen molar-refractivity contribution >= 4 is 34.5 Å². The third-order valence-corrected chi connectivity index (χ3v) is 5.95. The van der Waals surface area contributed by atoms with Gasteiger partial charge in [-0.2, -0.15) is 4.98 Å². The number of amides is 2. The van der Waals surface area contributed by atoms with E-state index in [9.17, 15) is 9.59 Å². The quantitative estimate of drug-likeness (QED) is 0.628. The first kappa shape index (κ1) is 22.2. The van der Waals surface area contributed by atoms with Crippen LogP contribution in [-0.4, -0.2) is 111 Å². The first-order chi connectivity index (χ1) is 15.6. The van der Waals surface area contributed by atoms with E-state index < -0.39 is 0 Å². The Morgan fingerprint density at radius 1 is 0.781 bits per heavy atom. The third-order valence-electron chi connectivity index (χ3n) is 5.95. The molecule has 10 heteroatoms. The van der Waals surface area contributed by atoms with Gasteiger partial charge in [-0.1, -0.05) is 12.1 Å². The summed E-state index contributed by atoms with van der Waals surface area (Å²) in [5, 5.41) is 1.00. The Morgan fingerprint density at radius 2 is 1.31 bits per heavy atom. The minimum atomic E-state index is 0.00756. The van der Waals surface area contributed by atoms with Crippen molar-refractivity contribution in [3.63, 3.8) is 0 Å². The number of aromatic nitrogens is 2. The van der Waals surface area contributed by atoms with Crippen LogP contribution in [0.3, 0.4) is 0 Å². The first-order valence-corrected chi connectivity index (χ1v) is 10.9. The zero-order valence-corrected chi connectivity index (χ0v) is 18.7. The van der Waals surface area contributed by atoms with Crippen LogP contribution in [0.25, 0.3) is 10.9 Å². The molecule has 1 aromatic heterocycles. The summed E-state index contributed by atoms with van der Waals surface area (Å²) in [4.78, 5) is 42.0. The standard InChI is InChI=1S/C22H30N6O4/c1-31-15-19(29)25-7-11-27(12-8-25)21-17-5-3-4-6-18(17)23-22(24-21)28-13-9-26(10-14-28)20(30)16-32-2/h3-6H,7-16H2,1-2H3. The summed E-state index contributed by atoms with van der Waals surface area (Å²) >= 11 is 0. The summed E-state index contributed by atoms with van der Waals surface area (Å²) in [6, 6.07) is 8.01. The second-order valence-corrected chi connectivity index (χ2v) is 7.97. The normalized spacial score (nSPS) is 17.2. The maximum absolute atomic E-state index is 12.1. The number of methoxy groups -OCH3 is 2. The van der Waals surface area contributed by atoms with Crippen LogP contribution in [0.15, 0.2) is 24.3 Å². The Labute approximate surface area is 187 Å². The van der Waals surface area contributed by atoms with E-state index in [4.69, 9.17) is 19.4 Å². The van der Waals surface area contributed by atoms with Gasteiger partial charge in [-0.25, -0.2) is 4.98 Å². The van der Waals surface area contributed by atoms with Crippen LogP contribution in [0, 0.1) is 0 Å². The molecule has 3 heterocycles. The molecule has 0 radical (unpaired) electrons. The van der Waals surface area contributed by atoms with Gasteiger partial charge in [0.25, 0.3) is 0 Å². The zero-order chi connectivity index (χ0) is 22.5. The second-order valence-electron chi connectivity index (χ2n) is 7.97. The van der Waals surface area contributed by atoms with Gasteiger partial charge in [-0.3, -0.25) is 9.59 Å². The van der Waals surface area contributed by atoms with E-state index in [1.807, 2.05) is 34.1 Å². The highest BCUT2D eigenvalue weighted by molar-refractivity contribution is 5.91. The van der Waals surface area contributed by atoms with Crippen LogP contribution in [0.5, 0.6) is 0 Å². The Hall–Kier alpha value is -2.98. The molecule has 0 N–H and O–H groups in total. The van der Waals surface area contributed by atoms with Crippen molar-refractivity contribution in [2.24, 2.45) is 0 Å². The maximum atomic E-state index is 12.1. The van der Waals surface area contributed by atoms with Gasteiger partial charge in [-0.15, -0.1) is 0 Å². The van der Waals surface area contributed by atoms with Gasteiger partial charge in [-0.05, 0) is 12.1 Å². The fourth-order valence-corrected chi connectivity index (χ4v) is 4.18. The third kappa shape index (κ3) is 4.76. The van der Waals surface area contributed by atoms with E-state index in [2.05, 4.69) is 9.80 Å². The summed E-state index contributed by atoms with van der Waals surface area (Å²) in [5.41, 5.74) is 0.892. The molecule has 1 aromatic carbocycles. The fourth-order valence-electron chi connectivity index (χ4n) is 4.18. The number of anilines is 2. The van der Waals surface area contributed by atoms with Crippen LogP contribution in [0.4, 0.5) is 11.8 Å². The lowest BCUT2D eigenvalue weighted by atomic mass is 10.2. The molecule has 2 saturated heterocycles. The lowest BCUT2D eigenvalue weighted by Gasteiger charge is -2.37. The van der Waals surface area contributed by atoms with Crippen LogP contribution in [0.1, 0.15) is 0 Å². The fraction of sp³-hybridized carbons (Fsp3) is 0.545. The summed E-state index contributed by atoms with van der Waals surface area (Å²) in [6.07, 6.45) is 0. The number of hydrogen-bond donors (Lipinski definition) is 0. The average molecular weight is 443 g/mol. The predicted octanol–water partition coefficient (Wildman–Crippen LogP) is 0.220. The number of rotatable bonds is 6. The Kier molecular flexibility index (Phi) is 7.01. The molecule has 2 aromatic rings. The Morgan fingerprint density at radius 3 is 1.88 bits per heavy atom. The SMILES string of the molecule is COCC(=O)N1CCN(c2nc(N3CCN(C(=O)COC)CC3)c3ccccc3n2)CC1. The molecule has 4 rings (SSSR count). The molecule has 2 aliphatic rings. The van der Waals surface area contributed by atoms with Gasteiger partial charge in [0.2, 0.25) is 17.8 Å². The molecule has 0 aliphatic carbocycles. The monoisotopic (exact) mass is 442 g/mol. The van der Waals surface area contributed by atoms with Crippen molar-refractivity contribution in [1.29, 1.82) is 0 Å². The minimum Gasteiger partial charge on any atom is -0.375 e. The van der Waals surface area contributed by atoms with E-state index in [0.29, 0.717) is 58.3 Å². The van der Waals surface area contributed by atoms with Crippen molar-refractivity contribution in [3.8, 4) is 0 Å². The molecule has 2 aliphatic heterocycles. The number of nitrogens with zero attached hydrogens (tertiary/aromatic N) is 6. The number of carbonyl (C=O) groups excluding carboxylic acids is 2. The highest BCUT2D eigenvalue weighted by Crippen LogP contribution is 2.28. The van der Waals surface area contributed by atoms with Crippen LogP contribution in [-0.2, 0) is 19.1 Å². The first-order valence-electron chi connectivity index (χ1n) is 10.9. The Balaban J connectivity index is 1.52. The molecule has 172 valence electrons. The summed E-state index contributed by atoms with van der Waals surface area (Å²) < 4.78 is 9.95. The minimum absolute atomic E-state index is 0.00756. The average Bonchev–Trinajstić information content (AvgIpc) is 2.84. The molecule has 2 amide bonds. The van der Waals surface area contributed by atoms with Gasteiger partial charge in [0.15, 0.2) is 0 Å². The molecule has 2 fully saturated rings. The smallest absolute Gasteiger partial charge is 0.248 e. The summed E-state index contributed by atoms with van der Waals surface area (Å²) in [7, 11) is 3.07. The Bertz CT molecular complexity index is 955. The number of piperazine rings is 2. The van der Waals surface area contributed by atoms with E-state index in [1.165, 1.54) is 14.2 Å². The molecule has 0 atom stereocenters. The van der Waals surface area contributed by atoms with Crippen LogP contribution >= 0.6 is 0 Å². The van der Waals surface area contributed by atoms with Crippen molar-refractivity contribution in [2.75, 3.05) is 89.6 Å². The largest absolute Gasteiger partial charge is 0.375 e. The second kappa shape index (κ2) is 10.1. The number of para-hydroxylation sites is 1. The molecule has 32 heavy (non-hydrogen) atoms. The van der Waals surface area contributed by atoms with Gasteiger partial charge in [0.05, 0.1) is 5.52 Å². The lowest BCUT2D eigenvalue weighted by molar-refractivity contribution is -0.136. The van der Waals surface area contributed by atoms with E-state index in [1.54, 1.807) is 0 Å². The zero-order valence-electron chi connectivity index (χ0n) is 18.7. The van der Waals surface area contributed by atoms with Crippen molar-refractivity contribution in [3.05, 3.63) is 24.3 Å². The number of ether oxygens (including phenoxy) is 2. The molecule has 0 bridgehead atoms. The van der Waals surface area contributed by atoms with Gasteiger partial charge in [0, 0.05) is 72.0 Å². The van der Waals surface area contributed by atoms with E-state index in [0.717, 1.165) is 16.7 Å². The maximum Gasteiger partial charge on any atom is 0.248 e. The van der Waals surface area contributed by atoms with Crippen molar-refractivity contribution in [2.45, 2.75) is 0 Å². The topological polar surface area (TPSA) is 91.3 Å². The van der Waals surface area contributed by atoms with Crippen molar-refractivity contribution in [1.82, 2.24) is 19.8 Å². The molecular formula is C22H30N6O4. The predicted molar refractivity (Wildman–Crippen MR) is 121 cm³/mol. The van der Waals surface area contributed by atoms with Crippen LogP contribution < -0.4 is 9.80 Å². The molecule has 0 saturated carbocycles. The van der Waals surface area contributed by atoms with Gasteiger partial charge >= 0.3 is 0 Å². The number of carbonyl (C=O) groups is 2. The van der Waals surface area contributed by atoms with Gasteiger partial charge in [0.1, 0.15) is 19.0 Å². The van der Waals surface area contributed by atoms with Crippen LogP contribution in [0.2, 0.25) is 0 Å². The van der Waals surface area contributed by atoms with Crippen molar-refractivity contribution < 1.29 is 19.1 Å². The van der Waals surface area contributed by atoms with Gasteiger partial charge < -0.3 is 29.1 Å². The lowest BCUT2D eigenvalue weighted by Crippen LogP contribution is -2.51. The highest BCUT2D eigenvalue weighted by atomic mass is 16.5. The number of benzene rings is 1. The van der Waals surface area contributed by atoms with E-state index in [-0.39, 0.29) is 25.0 Å². The molecule has 0 unspecified atom stereocenters. The summed E-state index contributed by atoms with van der Waals surface area (Å²) in [6.45, 7) is 5.48. The number of fused-ring (bicyclic) bond motifs is 1. The molecule has 10 nitrogen and oxygen atoms in total. The van der Waals surface area contributed by atoms with E-state index >= 15 is 0 Å². The summed E-state index contributed by atoms with van der Waals surface area (Å²) in [5.74, 6) is 1.59. The number of hydrogen-bond acceptors (Lipinski definition) is 8. The highest BCUT2D eigenvalue weighted by Gasteiger charge is 2.26.